The maximum Gasteiger partial charge on any atom is 0.319 e. The van der Waals surface area contributed by atoms with E-state index in [0.717, 1.165) is 30.6 Å². The van der Waals surface area contributed by atoms with Crippen LogP contribution in [0.4, 0.5) is 8.78 Å². The quantitative estimate of drug-likeness (QED) is 0.920. The van der Waals surface area contributed by atoms with Crippen molar-refractivity contribution in [3.63, 3.8) is 0 Å². The van der Waals surface area contributed by atoms with Gasteiger partial charge < -0.3 is 5.32 Å². The molecule has 1 N–H and O–H groups in total. The summed E-state index contributed by atoms with van der Waals surface area (Å²) < 4.78 is 26.6. The molecule has 2 atom stereocenters. The van der Waals surface area contributed by atoms with Crippen molar-refractivity contribution in [1.82, 2.24) is 19.8 Å². The Morgan fingerprint density at radius 3 is 3.00 bits per heavy atom. The molecule has 0 spiro atoms. The standard InChI is InChI=1S/C14H22F2N4/c15-14(16)20-8-6-18-13(20)10-19-7-2-3-11(9-19)12-4-1-5-17-12/h6,8,11-12,14,17H,1-5,7,9-10H2. The summed E-state index contributed by atoms with van der Waals surface area (Å²) in [5.41, 5.74) is 0. The molecule has 6 heteroatoms. The largest absolute Gasteiger partial charge is 0.319 e. The zero-order valence-corrected chi connectivity index (χ0v) is 11.6. The van der Waals surface area contributed by atoms with Gasteiger partial charge in [0.25, 0.3) is 0 Å². The molecular formula is C14H22F2N4. The minimum Gasteiger partial charge on any atom is -0.314 e. The van der Waals surface area contributed by atoms with E-state index in [-0.39, 0.29) is 0 Å². The van der Waals surface area contributed by atoms with Crippen molar-refractivity contribution >= 4 is 0 Å². The number of rotatable bonds is 4. The number of alkyl halides is 2. The molecule has 2 aliphatic rings. The van der Waals surface area contributed by atoms with Gasteiger partial charge in [0.2, 0.25) is 0 Å². The molecule has 4 nitrogen and oxygen atoms in total. The average molecular weight is 284 g/mol. The molecule has 0 aliphatic carbocycles. The van der Waals surface area contributed by atoms with E-state index in [2.05, 4.69) is 15.2 Å². The van der Waals surface area contributed by atoms with Crippen LogP contribution in [0.5, 0.6) is 0 Å². The molecule has 20 heavy (non-hydrogen) atoms. The predicted octanol–water partition coefficient (Wildman–Crippen LogP) is 2.24. The minimum absolute atomic E-state index is 0.472. The van der Waals surface area contributed by atoms with Crippen LogP contribution in [0, 0.1) is 5.92 Å². The fourth-order valence-electron chi connectivity index (χ4n) is 3.52. The van der Waals surface area contributed by atoms with Crippen molar-refractivity contribution in [3.05, 3.63) is 18.2 Å². The highest BCUT2D eigenvalue weighted by atomic mass is 19.3. The number of likely N-dealkylation sites (tertiary alicyclic amines) is 1. The summed E-state index contributed by atoms with van der Waals surface area (Å²) in [6.45, 7) is 1.13. The molecule has 2 saturated heterocycles. The zero-order valence-electron chi connectivity index (χ0n) is 11.6. The van der Waals surface area contributed by atoms with Gasteiger partial charge in [-0.2, -0.15) is 8.78 Å². The van der Waals surface area contributed by atoms with Crippen LogP contribution in [0.1, 0.15) is 38.1 Å². The number of halogens is 2. The summed E-state index contributed by atoms with van der Waals surface area (Å²) in [5.74, 6) is 1.13. The van der Waals surface area contributed by atoms with Gasteiger partial charge in [-0.05, 0) is 44.7 Å². The van der Waals surface area contributed by atoms with E-state index in [9.17, 15) is 8.78 Å². The van der Waals surface area contributed by atoms with Gasteiger partial charge in [0, 0.05) is 25.0 Å². The van der Waals surface area contributed by atoms with Gasteiger partial charge in [-0.1, -0.05) is 0 Å². The normalized spacial score (nSPS) is 28.4. The Bertz CT molecular complexity index is 429. The molecule has 1 aromatic heterocycles. The lowest BCUT2D eigenvalue weighted by atomic mass is 9.90. The van der Waals surface area contributed by atoms with Crippen molar-refractivity contribution in [2.45, 2.75) is 44.8 Å². The molecular weight excluding hydrogens is 262 g/mol. The van der Waals surface area contributed by atoms with E-state index in [0.29, 0.717) is 24.3 Å². The van der Waals surface area contributed by atoms with Crippen LogP contribution in [0.2, 0.25) is 0 Å². The molecule has 0 amide bonds. The van der Waals surface area contributed by atoms with Crippen LogP contribution >= 0.6 is 0 Å². The Hall–Kier alpha value is -1.01. The second-order valence-electron chi connectivity index (χ2n) is 5.87. The molecule has 3 heterocycles. The summed E-state index contributed by atoms with van der Waals surface area (Å²) in [4.78, 5) is 6.35. The molecule has 1 aromatic rings. The van der Waals surface area contributed by atoms with Crippen molar-refractivity contribution in [2.75, 3.05) is 19.6 Å². The number of aromatic nitrogens is 2. The van der Waals surface area contributed by atoms with Crippen LogP contribution in [-0.2, 0) is 6.54 Å². The Morgan fingerprint density at radius 1 is 1.35 bits per heavy atom. The second kappa shape index (κ2) is 6.18. The van der Waals surface area contributed by atoms with Crippen molar-refractivity contribution in [2.24, 2.45) is 5.92 Å². The molecule has 112 valence electrons. The number of nitrogens with one attached hydrogen (secondary N) is 1. The topological polar surface area (TPSA) is 33.1 Å². The van der Waals surface area contributed by atoms with E-state index >= 15 is 0 Å². The smallest absolute Gasteiger partial charge is 0.314 e. The van der Waals surface area contributed by atoms with Crippen LogP contribution in [0.3, 0.4) is 0 Å². The average Bonchev–Trinajstić information content (AvgIpc) is 3.10. The molecule has 0 bridgehead atoms. The first kappa shape index (κ1) is 13.9. The van der Waals surface area contributed by atoms with E-state index in [1.807, 2.05) is 0 Å². The number of hydrogen-bond acceptors (Lipinski definition) is 3. The minimum atomic E-state index is -2.50. The lowest BCUT2D eigenvalue weighted by Crippen LogP contribution is -2.43. The highest BCUT2D eigenvalue weighted by Gasteiger charge is 2.29. The Labute approximate surface area is 118 Å². The first-order valence-electron chi connectivity index (χ1n) is 7.49. The molecule has 0 saturated carbocycles. The first-order valence-corrected chi connectivity index (χ1v) is 7.49. The molecule has 2 fully saturated rings. The monoisotopic (exact) mass is 284 g/mol. The van der Waals surface area contributed by atoms with Crippen LogP contribution in [-0.4, -0.2) is 40.1 Å². The van der Waals surface area contributed by atoms with E-state index in [1.165, 1.54) is 31.7 Å². The highest BCUT2D eigenvalue weighted by Crippen LogP contribution is 2.26. The van der Waals surface area contributed by atoms with E-state index in [4.69, 9.17) is 0 Å². The number of imidazole rings is 1. The first-order chi connectivity index (χ1) is 9.74. The second-order valence-corrected chi connectivity index (χ2v) is 5.87. The van der Waals surface area contributed by atoms with Crippen molar-refractivity contribution < 1.29 is 8.78 Å². The predicted molar refractivity (Wildman–Crippen MR) is 72.5 cm³/mol. The molecule has 0 radical (unpaired) electrons. The maximum atomic E-state index is 12.8. The number of hydrogen-bond donors (Lipinski definition) is 1. The summed E-state index contributed by atoms with van der Waals surface area (Å²) in [6, 6.07) is 0.618. The van der Waals surface area contributed by atoms with Crippen molar-refractivity contribution in [1.29, 1.82) is 0 Å². The fourth-order valence-corrected chi connectivity index (χ4v) is 3.52. The molecule has 3 rings (SSSR count). The van der Waals surface area contributed by atoms with Crippen molar-refractivity contribution in [3.8, 4) is 0 Å². The highest BCUT2D eigenvalue weighted by molar-refractivity contribution is 4.94. The number of nitrogens with zero attached hydrogens (tertiary/aromatic N) is 3. The lowest BCUT2D eigenvalue weighted by molar-refractivity contribution is 0.0611. The van der Waals surface area contributed by atoms with Crippen LogP contribution in [0.25, 0.3) is 0 Å². The Kier molecular flexibility index (Phi) is 4.31. The third kappa shape index (κ3) is 3.01. The number of piperidine rings is 1. The third-order valence-corrected chi connectivity index (χ3v) is 4.53. The third-order valence-electron chi connectivity index (χ3n) is 4.53. The van der Waals surface area contributed by atoms with Gasteiger partial charge in [-0.3, -0.25) is 9.47 Å². The van der Waals surface area contributed by atoms with Gasteiger partial charge in [0.1, 0.15) is 5.82 Å². The van der Waals surface area contributed by atoms with Gasteiger partial charge in [-0.25, -0.2) is 4.98 Å². The van der Waals surface area contributed by atoms with Gasteiger partial charge in [-0.15, -0.1) is 0 Å². The van der Waals surface area contributed by atoms with Crippen LogP contribution < -0.4 is 5.32 Å². The Morgan fingerprint density at radius 2 is 2.25 bits per heavy atom. The van der Waals surface area contributed by atoms with Gasteiger partial charge >= 0.3 is 6.55 Å². The zero-order chi connectivity index (χ0) is 13.9. The summed E-state index contributed by atoms with van der Waals surface area (Å²) in [6.07, 6.45) is 7.73. The summed E-state index contributed by atoms with van der Waals surface area (Å²) in [5, 5.41) is 3.57. The summed E-state index contributed by atoms with van der Waals surface area (Å²) in [7, 11) is 0. The van der Waals surface area contributed by atoms with Gasteiger partial charge in [0.15, 0.2) is 0 Å². The molecule has 2 unspecified atom stereocenters. The van der Waals surface area contributed by atoms with E-state index < -0.39 is 6.55 Å². The molecule has 2 aliphatic heterocycles. The lowest BCUT2D eigenvalue weighted by Gasteiger charge is -2.35. The fraction of sp³-hybridized carbons (Fsp3) is 0.786. The maximum absolute atomic E-state index is 12.8. The summed E-state index contributed by atoms with van der Waals surface area (Å²) >= 11 is 0. The molecule has 0 aromatic carbocycles. The van der Waals surface area contributed by atoms with Crippen LogP contribution in [0.15, 0.2) is 12.4 Å². The van der Waals surface area contributed by atoms with E-state index in [1.54, 1.807) is 0 Å². The SMILES string of the molecule is FC(F)n1ccnc1CN1CCCC(C2CCCN2)C1. The van der Waals surface area contributed by atoms with Gasteiger partial charge in [0.05, 0.1) is 6.54 Å². The Balaban J connectivity index is 1.60.